The minimum atomic E-state index is -0.352. The Hall–Kier alpha value is -0.700. The maximum atomic E-state index is 12.8. The zero-order chi connectivity index (χ0) is 8.43. The van der Waals surface area contributed by atoms with Gasteiger partial charge >= 0.3 is 0 Å². The van der Waals surface area contributed by atoms with Gasteiger partial charge in [0.25, 0.3) is 0 Å². The third kappa shape index (κ3) is 1.48. The van der Waals surface area contributed by atoms with Crippen LogP contribution in [-0.4, -0.2) is 6.29 Å². The number of benzene rings is 1. The summed E-state index contributed by atoms with van der Waals surface area (Å²) in [5.74, 6) is -0.352. The van der Waals surface area contributed by atoms with E-state index in [4.69, 9.17) is 0 Å². The molecule has 0 aliphatic heterocycles. The van der Waals surface area contributed by atoms with Crippen LogP contribution < -0.4 is 0 Å². The van der Waals surface area contributed by atoms with Gasteiger partial charge in [0.1, 0.15) is 5.82 Å². The molecule has 0 aromatic heterocycles. The van der Waals surface area contributed by atoms with E-state index >= 15 is 0 Å². The molecule has 0 atom stereocenters. The first kappa shape index (κ1) is 8.40. The fraction of sp³-hybridized carbons (Fsp3) is 0.125. The lowest BCUT2D eigenvalue weighted by molar-refractivity contribution is 0.112. The van der Waals surface area contributed by atoms with Crippen LogP contribution in [0.15, 0.2) is 16.6 Å². The van der Waals surface area contributed by atoms with Gasteiger partial charge in [0, 0.05) is 10.0 Å². The molecule has 0 saturated carbocycles. The van der Waals surface area contributed by atoms with Crippen molar-refractivity contribution in [3.8, 4) is 0 Å². The third-order valence-corrected chi connectivity index (χ3v) is 2.20. The van der Waals surface area contributed by atoms with E-state index in [0.29, 0.717) is 21.9 Å². The minimum absolute atomic E-state index is 0.352. The molecule has 58 valence electrons. The first-order valence-electron chi connectivity index (χ1n) is 3.06. The first-order valence-corrected chi connectivity index (χ1v) is 3.86. The number of rotatable bonds is 1. The van der Waals surface area contributed by atoms with E-state index in [-0.39, 0.29) is 5.82 Å². The SMILES string of the molecule is Cc1c(F)ccc(Br)c1C=O. The Kier molecular flexibility index (Phi) is 2.39. The summed E-state index contributed by atoms with van der Waals surface area (Å²) in [6.07, 6.45) is 0.641. The Morgan fingerprint density at radius 3 is 2.64 bits per heavy atom. The second-order valence-corrected chi connectivity index (χ2v) is 3.04. The van der Waals surface area contributed by atoms with Gasteiger partial charge in [0.15, 0.2) is 6.29 Å². The van der Waals surface area contributed by atoms with Crippen LogP contribution in [0.5, 0.6) is 0 Å². The normalized spacial score (nSPS) is 9.73. The van der Waals surface area contributed by atoms with Crippen molar-refractivity contribution in [3.63, 3.8) is 0 Å². The van der Waals surface area contributed by atoms with Crippen molar-refractivity contribution in [1.29, 1.82) is 0 Å². The molecule has 0 heterocycles. The average molecular weight is 217 g/mol. The summed E-state index contributed by atoms with van der Waals surface area (Å²) in [5.41, 5.74) is 0.763. The Bertz CT molecular complexity index is 296. The number of carbonyl (C=O) groups is 1. The Morgan fingerprint density at radius 1 is 1.55 bits per heavy atom. The number of aldehydes is 1. The maximum Gasteiger partial charge on any atom is 0.151 e. The van der Waals surface area contributed by atoms with Crippen LogP contribution in [0.3, 0.4) is 0 Å². The molecule has 3 heteroatoms. The van der Waals surface area contributed by atoms with Crippen molar-refractivity contribution in [2.24, 2.45) is 0 Å². The standard InChI is InChI=1S/C8H6BrFO/c1-5-6(4-11)7(9)2-3-8(5)10/h2-4H,1H3. The van der Waals surface area contributed by atoms with Crippen molar-refractivity contribution < 1.29 is 9.18 Å². The van der Waals surface area contributed by atoms with E-state index in [9.17, 15) is 9.18 Å². The van der Waals surface area contributed by atoms with Crippen LogP contribution in [0.2, 0.25) is 0 Å². The van der Waals surface area contributed by atoms with Gasteiger partial charge in [-0.05, 0) is 24.6 Å². The Morgan fingerprint density at radius 2 is 2.18 bits per heavy atom. The summed E-state index contributed by atoms with van der Waals surface area (Å²) >= 11 is 3.14. The molecule has 0 saturated heterocycles. The third-order valence-electron chi connectivity index (χ3n) is 1.51. The van der Waals surface area contributed by atoms with E-state index in [1.54, 1.807) is 6.92 Å². The molecular formula is C8H6BrFO. The molecule has 0 amide bonds. The summed E-state index contributed by atoms with van der Waals surface area (Å²) in [5, 5.41) is 0. The summed E-state index contributed by atoms with van der Waals surface area (Å²) in [6, 6.07) is 2.85. The van der Waals surface area contributed by atoms with Crippen molar-refractivity contribution in [2.75, 3.05) is 0 Å². The van der Waals surface area contributed by atoms with Crippen LogP contribution >= 0.6 is 15.9 Å². The van der Waals surface area contributed by atoms with Gasteiger partial charge in [-0.3, -0.25) is 4.79 Å². The number of hydrogen-bond acceptors (Lipinski definition) is 1. The zero-order valence-corrected chi connectivity index (χ0v) is 7.48. The number of halogens is 2. The van der Waals surface area contributed by atoms with E-state index in [1.165, 1.54) is 12.1 Å². The highest BCUT2D eigenvalue weighted by molar-refractivity contribution is 9.10. The molecule has 0 bridgehead atoms. The maximum absolute atomic E-state index is 12.8. The van der Waals surface area contributed by atoms with Crippen molar-refractivity contribution in [1.82, 2.24) is 0 Å². The molecule has 0 unspecified atom stereocenters. The van der Waals surface area contributed by atoms with Crippen molar-refractivity contribution >= 4 is 22.2 Å². The molecule has 1 nitrogen and oxygen atoms in total. The lowest BCUT2D eigenvalue weighted by Crippen LogP contribution is -1.91. The van der Waals surface area contributed by atoms with Crippen LogP contribution in [-0.2, 0) is 0 Å². The Labute approximate surface area is 72.4 Å². The molecule has 11 heavy (non-hydrogen) atoms. The molecule has 0 spiro atoms. The van der Waals surface area contributed by atoms with Crippen LogP contribution in [0, 0.1) is 12.7 Å². The summed E-state index contributed by atoms with van der Waals surface area (Å²) < 4.78 is 13.4. The average Bonchev–Trinajstić information content (AvgIpc) is 1.99. The van der Waals surface area contributed by atoms with Gasteiger partial charge in [0.2, 0.25) is 0 Å². The molecule has 0 N–H and O–H groups in total. The second-order valence-electron chi connectivity index (χ2n) is 2.19. The molecule has 0 fully saturated rings. The zero-order valence-electron chi connectivity index (χ0n) is 5.90. The van der Waals surface area contributed by atoms with Crippen LogP contribution in [0.1, 0.15) is 15.9 Å². The lowest BCUT2D eigenvalue weighted by Gasteiger charge is -2.01. The number of carbonyl (C=O) groups excluding carboxylic acids is 1. The monoisotopic (exact) mass is 216 g/mol. The lowest BCUT2D eigenvalue weighted by atomic mass is 10.1. The molecule has 1 rings (SSSR count). The van der Waals surface area contributed by atoms with Gasteiger partial charge in [-0.15, -0.1) is 0 Å². The van der Waals surface area contributed by atoms with E-state index in [1.807, 2.05) is 0 Å². The highest BCUT2D eigenvalue weighted by atomic mass is 79.9. The molecular weight excluding hydrogens is 211 g/mol. The fourth-order valence-corrected chi connectivity index (χ4v) is 1.34. The van der Waals surface area contributed by atoms with Gasteiger partial charge in [-0.2, -0.15) is 0 Å². The van der Waals surface area contributed by atoms with E-state index in [2.05, 4.69) is 15.9 Å². The van der Waals surface area contributed by atoms with E-state index in [0.717, 1.165) is 0 Å². The van der Waals surface area contributed by atoms with Gasteiger partial charge in [-0.25, -0.2) is 4.39 Å². The first-order chi connectivity index (χ1) is 5.16. The predicted molar refractivity (Wildman–Crippen MR) is 44.2 cm³/mol. The topological polar surface area (TPSA) is 17.1 Å². The highest BCUT2D eigenvalue weighted by Crippen LogP contribution is 2.20. The van der Waals surface area contributed by atoms with Gasteiger partial charge in [-0.1, -0.05) is 15.9 Å². The largest absolute Gasteiger partial charge is 0.298 e. The molecule has 1 aromatic carbocycles. The summed E-state index contributed by atoms with van der Waals surface area (Å²) in [7, 11) is 0. The highest BCUT2D eigenvalue weighted by Gasteiger charge is 2.05. The molecule has 0 radical (unpaired) electrons. The molecule has 0 aliphatic rings. The smallest absolute Gasteiger partial charge is 0.151 e. The second kappa shape index (κ2) is 3.13. The summed E-state index contributed by atoms with van der Waals surface area (Å²) in [6.45, 7) is 1.57. The fourth-order valence-electron chi connectivity index (χ4n) is 0.814. The minimum Gasteiger partial charge on any atom is -0.298 e. The summed E-state index contributed by atoms with van der Waals surface area (Å²) in [4.78, 5) is 10.4. The molecule has 1 aromatic rings. The van der Waals surface area contributed by atoms with Crippen molar-refractivity contribution in [3.05, 3.63) is 33.5 Å². The van der Waals surface area contributed by atoms with Gasteiger partial charge < -0.3 is 0 Å². The quantitative estimate of drug-likeness (QED) is 0.661. The van der Waals surface area contributed by atoms with Gasteiger partial charge in [0.05, 0.1) is 0 Å². The van der Waals surface area contributed by atoms with Crippen molar-refractivity contribution in [2.45, 2.75) is 6.92 Å². The predicted octanol–water partition coefficient (Wildman–Crippen LogP) is 2.71. The Balaban J connectivity index is 3.40. The van der Waals surface area contributed by atoms with Crippen LogP contribution in [0.4, 0.5) is 4.39 Å². The van der Waals surface area contributed by atoms with E-state index < -0.39 is 0 Å². The molecule has 0 aliphatic carbocycles. The number of hydrogen-bond donors (Lipinski definition) is 0. The van der Waals surface area contributed by atoms with Crippen LogP contribution in [0.25, 0.3) is 0 Å².